The first-order valence-electron chi connectivity index (χ1n) is 5.41. The van der Waals surface area contributed by atoms with Crippen LogP contribution in [0.15, 0.2) is 35.3 Å². The second-order valence-electron chi connectivity index (χ2n) is 4.08. The molecule has 0 aliphatic heterocycles. The van der Waals surface area contributed by atoms with Crippen molar-refractivity contribution in [3.63, 3.8) is 0 Å². The van der Waals surface area contributed by atoms with Crippen LogP contribution in [0.1, 0.15) is 12.8 Å². The van der Waals surface area contributed by atoms with Crippen molar-refractivity contribution in [2.45, 2.75) is 17.6 Å². The lowest BCUT2D eigenvalue weighted by molar-refractivity contribution is 0.901. The van der Waals surface area contributed by atoms with Gasteiger partial charge in [0.1, 0.15) is 0 Å². The molecule has 1 aliphatic carbocycles. The molecule has 1 saturated carbocycles. The molecule has 1 aromatic carbocycles. The Bertz CT molecular complexity index is 377. The SMILES string of the molecule is CSC1(CN=C(N)Nc2ccccc2)CC1.I. The van der Waals surface area contributed by atoms with E-state index in [1.54, 1.807) is 0 Å². The van der Waals surface area contributed by atoms with Gasteiger partial charge in [0, 0.05) is 10.4 Å². The molecule has 0 spiro atoms. The number of rotatable bonds is 4. The molecule has 0 bridgehead atoms. The molecule has 3 nitrogen and oxygen atoms in total. The molecule has 0 saturated heterocycles. The number of para-hydroxylation sites is 1. The van der Waals surface area contributed by atoms with Gasteiger partial charge in [-0.05, 0) is 31.2 Å². The number of anilines is 1. The molecular weight excluding hydrogens is 345 g/mol. The Balaban J connectivity index is 0.00000144. The molecular formula is C12H18IN3S. The number of nitrogens with zero attached hydrogens (tertiary/aromatic N) is 1. The summed E-state index contributed by atoms with van der Waals surface area (Å²) in [6.45, 7) is 0.819. The van der Waals surface area contributed by atoms with E-state index in [-0.39, 0.29) is 24.0 Å². The van der Waals surface area contributed by atoms with Crippen LogP contribution in [0.25, 0.3) is 0 Å². The number of nitrogens with two attached hydrogens (primary N) is 1. The summed E-state index contributed by atoms with van der Waals surface area (Å²) in [4.78, 5) is 4.39. The number of benzene rings is 1. The highest BCUT2D eigenvalue weighted by molar-refractivity contribution is 14.0. The Morgan fingerprint density at radius 3 is 2.59 bits per heavy atom. The lowest BCUT2D eigenvalue weighted by Crippen LogP contribution is -2.24. The normalized spacial score (nSPS) is 17.1. The third-order valence-electron chi connectivity index (χ3n) is 2.82. The van der Waals surface area contributed by atoms with Gasteiger partial charge < -0.3 is 11.1 Å². The summed E-state index contributed by atoms with van der Waals surface area (Å²) in [6, 6.07) is 9.87. The molecule has 1 aromatic rings. The summed E-state index contributed by atoms with van der Waals surface area (Å²) < 4.78 is 0.378. The average Bonchev–Trinajstić information content (AvgIpc) is 3.09. The second kappa shape index (κ2) is 6.49. The molecule has 17 heavy (non-hydrogen) atoms. The lowest BCUT2D eigenvalue weighted by Gasteiger charge is -2.09. The summed E-state index contributed by atoms with van der Waals surface area (Å²) >= 11 is 1.90. The topological polar surface area (TPSA) is 50.4 Å². The molecule has 1 fully saturated rings. The third kappa shape index (κ3) is 4.39. The standard InChI is InChI=1S/C12H17N3S.HI/c1-16-12(7-8-12)9-14-11(13)15-10-5-3-2-4-6-10;/h2-6H,7-9H2,1H3,(H3,13,14,15);1H. The molecule has 0 aromatic heterocycles. The summed E-state index contributed by atoms with van der Waals surface area (Å²) in [6.07, 6.45) is 4.66. The van der Waals surface area contributed by atoms with Gasteiger partial charge in [-0.25, -0.2) is 0 Å². The summed E-state index contributed by atoms with van der Waals surface area (Å²) in [5.74, 6) is 0.506. The highest BCUT2D eigenvalue weighted by atomic mass is 127. The number of hydrogen-bond donors (Lipinski definition) is 2. The lowest BCUT2D eigenvalue weighted by atomic mass is 10.3. The van der Waals surface area contributed by atoms with Crippen LogP contribution in [0.3, 0.4) is 0 Å². The van der Waals surface area contributed by atoms with Gasteiger partial charge >= 0.3 is 0 Å². The Kier molecular flexibility index (Phi) is 5.58. The smallest absolute Gasteiger partial charge is 0.193 e. The molecule has 0 atom stereocenters. The van der Waals surface area contributed by atoms with Gasteiger partial charge in [0.25, 0.3) is 0 Å². The van der Waals surface area contributed by atoms with Crippen LogP contribution in [0.2, 0.25) is 0 Å². The van der Waals surface area contributed by atoms with Crippen molar-refractivity contribution in [2.75, 3.05) is 18.1 Å². The van der Waals surface area contributed by atoms with Gasteiger partial charge in [-0.15, -0.1) is 24.0 Å². The van der Waals surface area contributed by atoms with Crippen molar-refractivity contribution in [2.24, 2.45) is 10.7 Å². The zero-order valence-corrected chi connectivity index (χ0v) is 13.0. The number of halogens is 1. The van der Waals surface area contributed by atoms with Crippen LogP contribution in [-0.4, -0.2) is 23.5 Å². The number of thioether (sulfide) groups is 1. The molecule has 0 amide bonds. The fraction of sp³-hybridized carbons (Fsp3) is 0.417. The van der Waals surface area contributed by atoms with Crippen LogP contribution in [-0.2, 0) is 0 Å². The van der Waals surface area contributed by atoms with E-state index in [1.807, 2.05) is 42.1 Å². The van der Waals surface area contributed by atoms with Gasteiger partial charge in [-0.1, -0.05) is 18.2 Å². The minimum absolute atomic E-state index is 0. The first-order valence-corrected chi connectivity index (χ1v) is 6.64. The molecule has 1 aliphatic rings. The van der Waals surface area contributed by atoms with Crippen molar-refractivity contribution in [3.8, 4) is 0 Å². The van der Waals surface area contributed by atoms with E-state index in [9.17, 15) is 0 Å². The van der Waals surface area contributed by atoms with Gasteiger partial charge in [-0.2, -0.15) is 11.8 Å². The molecule has 94 valence electrons. The molecule has 3 N–H and O–H groups in total. The maximum atomic E-state index is 5.83. The van der Waals surface area contributed by atoms with E-state index >= 15 is 0 Å². The van der Waals surface area contributed by atoms with Crippen molar-refractivity contribution < 1.29 is 0 Å². The predicted molar refractivity (Wildman–Crippen MR) is 87.4 cm³/mol. The number of guanidine groups is 1. The Morgan fingerprint density at radius 1 is 1.41 bits per heavy atom. The van der Waals surface area contributed by atoms with Crippen LogP contribution in [0.4, 0.5) is 5.69 Å². The molecule has 0 heterocycles. The first kappa shape index (κ1) is 14.6. The largest absolute Gasteiger partial charge is 0.370 e. The maximum absolute atomic E-state index is 5.83. The first-order chi connectivity index (χ1) is 7.74. The minimum atomic E-state index is 0. The molecule has 0 unspecified atom stereocenters. The second-order valence-corrected chi connectivity index (χ2v) is 5.35. The maximum Gasteiger partial charge on any atom is 0.193 e. The van der Waals surface area contributed by atoms with Crippen LogP contribution in [0, 0.1) is 0 Å². The highest BCUT2D eigenvalue weighted by Gasteiger charge is 2.41. The van der Waals surface area contributed by atoms with Gasteiger partial charge in [0.05, 0.1) is 6.54 Å². The van der Waals surface area contributed by atoms with Gasteiger partial charge in [0.15, 0.2) is 5.96 Å². The zero-order valence-electron chi connectivity index (χ0n) is 9.85. The molecule has 5 heteroatoms. The highest BCUT2D eigenvalue weighted by Crippen LogP contribution is 2.47. The third-order valence-corrected chi connectivity index (χ3v) is 4.23. The van der Waals surface area contributed by atoms with Crippen molar-refractivity contribution >= 4 is 47.4 Å². The fourth-order valence-electron chi connectivity index (χ4n) is 1.50. The number of hydrogen-bond acceptors (Lipinski definition) is 2. The summed E-state index contributed by atoms with van der Waals surface area (Å²) in [7, 11) is 0. The summed E-state index contributed by atoms with van der Waals surface area (Å²) in [5, 5.41) is 3.08. The van der Waals surface area contributed by atoms with E-state index in [1.165, 1.54) is 12.8 Å². The van der Waals surface area contributed by atoms with Crippen LogP contribution >= 0.6 is 35.7 Å². The van der Waals surface area contributed by atoms with Crippen molar-refractivity contribution in [1.82, 2.24) is 0 Å². The van der Waals surface area contributed by atoms with Crippen LogP contribution < -0.4 is 11.1 Å². The Morgan fingerprint density at radius 2 is 2.06 bits per heavy atom. The summed E-state index contributed by atoms with van der Waals surface area (Å²) in [5.41, 5.74) is 6.81. The average molecular weight is 363 g/mol. The monoisotopic (exact) mass is 363 g/mol. The minimum Gasteiger partial charge on any atom is -0.370 e. The number of aliphatic imine (C=N–C) groups is 1. The van der Waals surface area contributed by atoms with Gasteiger partial charge in [0.2, 0.25) is 0 Å². The molecule has 2 rings (SSSR count). The fourth-order valence-corrected chi connectivity index (χ4v) is 2.21. The van der Waals surface area contributed by atoms with E-state index in [4.69, 9.17) is 5.73 Å². The van der Waals surface area contributed by atoms with E-state index in [0.29, 0.717) is 10.7 Å². The Labute approximate surface area is 124 Å². The van der Waals surface area contributed by atoms with Crippen LogP contribution in [0.5, 0.6) is 0 Å². The van der Waals surface area contributed by atoms with Gasteiger partial charge in [-0.3, -0.25) is 4.99 Å². The quantitative estimate of drug-likeness (QED) is 0.491. The number of nitrogens with one attached hydrogen (secondary N) is 1. The predicted octanol–water partition coefficient (Wildman–Crippen LogP) is 2.93. The van der Waals surface area contributed by atoms with E-state index < -0.39 is 0 Å². The zero-order chi connectivity index (χ0) is 11.4. The van der Waals surface area contributed by atoms with Crippen molar-refractivity contribution in [3.05, 3.63) is 30.3 Å². The van der Waals surface area contributed by atoms with Crippen molar-refractivity contribution in [1.29, 1.82) is 0 Å². The van der Waals surface area contributed by atoms with E-state index in [0.717, 1.165) is 12.2 Å². The molecule has 0 radical (unpaired) electrons. The van der Waals surface area contributed by atoms with E-state index in [2.05, 4.69) is 16.6 Å². The Hall–Kier alpha value is -0.430.